The summed E-state index contributed by atoms with van der Waals surface area (Å²) in [5.74, 6) is -8.81. The van der Waals surface area contributed by atoms with Crippen LogP contribution in [0.2, 0.25) is 55.2 Å². The van der Waals surface area contributed by atoms with E-state index >= 15 is 4.39 Å². The van der Waals surface area contributed by atoms with Gasteiger partial charge in [-0.3, -0.25) is 57.4 Å². The van der Waals surface area contributed by atoms with Gasteiger partial charge in [-0.25, -0.2) is 32.5 Å². The van der Waals surface area contributed by atoms with Crippen molar-refractivity contribution in [3.63, 3.8) is 0 Å². The molecule has 732 valence electrons. The Kier molecular flexibility index (Phi) is 31.6. The van der Waals surface area contributed by atoms with Crippen LogP contribution < -0.4 is 31.4 Å². The molecule has 3 aliphatic rings. The zero-order chi connectivity index (χ0) is 104. The highest BCUT2D eigenvalue weighted by molar-refractivity contribution is 6.48. The fraction of sp³-hybridized carbons (Fsp3) is 0.303. The van der Waals surface area contributed by atoms with E-state index in [1.54, 1.807) is 72.3 Å². The maximum absolute atomic E-state index is 15.6. The van der Waals surface area contributed by atoms with Crippen molar-refractivity contribution < 1.29 is 47.3 Å². The number of phenols is 3. The summed E-state index contributed by atoms with van der Waals surface area (Å²) in [7, 11) is 0. The zero-order valence-corrected chi connectivity index (χ0v) is 86.3. The van der Waals surface area contributed by atoms with Crippen molar-refractivity contribution in [2.24, 2.45) is 0 Å². The van der Waals surface area contributed by atoms with Crippen molar-refractivity contribution in [1.82, 2.24) is 58.3 Å². The maximum Gasteiger partial charge on any atom is 0.276 e. The van der Waals surface area contributed by atoms with Crippen molar-refractivity contribution in [2.75, 3.05) is 54.0 Å². The van der Waals surface area contributed by atoms with Crippen LogP contribution in [-0.2, 0) is 14.4 Å². The lowest BCUT2D eigenvalue weighted by molar-refractivity contribution is -0.131. The Morgan fingerprint density at radius 1 is 0.383 bits per heavy atom. The monoisotopic (exact) mass is 2130 g/mol. The lowest BCUT2D eigenvalue weighted by atomic mass is 10.0. The van der Waals surface area contributed by atoms with Crippen LogP contribution in [0.25, 0.3) is 83.9 Å². The quantitative estimate of drug-likeness (QED) is 0.0371. The Bertz CT molecular complexity index is 6870. The zero-order valence-electron chi connectivity index (χ0n) is 78.0. The molecule has 0 bridgehead atoms. The molecule has 3 N–H and O–H groups in total. The number of carbonyl (C=O) groups excluding carboxylic acids is 3. The minimum absolute atomic E-state index is 0.0540. The lowest BCUT2D eigenvalue weighted by Gasteiger charge is -2.45. The minimum atomic E-state index is -1.37. The molecule has 3 aromatic carbocycles. The summed E-state index contributed by atoms with van der Waals surface area (Å²) in [5.41, 5.74) is 1.13. The van der Waals surface area contributed by atoms with Gasteiger partial charge in [-0.05, 0) is 151 Å². The van der Waals surface area contributed by atoms with Gasteiger partial charge in [0, 0.05) is 110 Å². The standard InChI is InChI=1S/2C33H29Cl4FN6O3.C33H29Cl3F2N6O3/c2*1-7-21(45)43-16(5)12-42(13-17(43)6)30-18-10-20(34)28(22-23(35)24(36)26(38)25(37)31(22)46)41-32(18)44(33(47)19(30)11-39)29-15(4)8-9-40-27(29)14(2)3;1-7-21(45)43-16(5)12-42(13-17(43)6)30-18-10-20(34)28(22-23(35)26(38)24(36)31(46)25(22)37)41-32(18)44(33(47)19(30)11-39)29-15(4)8-9-40-27(29)14(2)3/h3*7-10,14,16-17,46H,1,12-13H2,2-6H3/t3*16-,17+. The summed E-state index contributed by atoms with van der Waals surface area (Å²) in [4.78, 5) is 120. The smallest absolute Gasteiger partial charge is 0.276 e. The maximum atomic E-state index is 15.6. The van der Waals surface area contributed by atoms with E-state index < -0.39 is 103 Å². The van der Waals surface area contributed by atoms with Crippen LogP contribution in [0.3, 0.4) is 0 Å². The molecule has 27 nitrogen and oxygen atoms in total. The molecule has 0 radical (unpaired) electrons. The van der Waals surface area contributed by atoms with Gasteiger partial charge in [0.2, 0.25) is 17.7 Å². The van der Waals surface area contributed by atoms with Crippen molar-refractivity contribution in [3.8, 4) is 86.3 Å². The third kappa shape index (κ3) is 18.7. The van der Waals surface area contributed by atoms with Crippen LogP contribution in [-0.4, -0.2) is 167 Å². The normalized spacial score (nSPS) is 16.6. The third-order valence-electron chi connectivity index (χ3n) is 24.8. The van der Waals surface area contributed by atoms with Crippen LogP contribution in [0.1, 0.15) is 151 Å². The van der Waals surface area contributed by atoms with Gasteiger partial charge in [0.25, 0.3) is 16.7 Å². The van der Waals surface area contributed by atoms with Gasteiger partial charge in [0.1, 0.15) is 78.4 Å². The van der Waals surface area contributed by atoms with E-state index in [4.69, 9.17) is 138 Å². The number of hydrogen-bond acceptors (Lipinski definition) is 21. The van der Waals surface area contributed by atoms with Crippen molar-refractivity contribution in [3.05, 3.63) is 253 Å². The van der Waals surface area contributed by atoms with Gasteiger partial charge >= 0.3 is 0 Å². The topological polar surface area (TPSA) is 346 Å². The van der Waals surface area contributed by atoms with Crippen LogP contribution in [0, 0.1) is 78.0 Å². The number of nitriles is 3. The SMILES string of the molecule is C=CC(=O)N1[C@H](C)CN(c2c(C#N)c(=O)n(-c3c(C)ccnc3C(C)C)c3nc(-c4c(F)c(O)c(Cl)c(F)c4Cl)c(Cl)cc23)C[C@@H]1C.C=CC(=O)N1[C@H](C)CN(c2c(C#N)c(=O)n(-c3c(C)ccnc3C(C)C)c3nc(-c4c(O)c(Cl)c(F)c(Cl)c4Cl)c(Cl)cc23)C[C@@H]1C.C=CC(=O)N1[C@H](C)CN(c2c(C#N)c(=O)n(-c3c(C)ccnc3C(C)C)c3nc(-c4c(O)c(Cl)c(F)c(Cl)c4Cl)c(Cl)cc23)C[C@@H]1C. The number of pyridine rings is 9. The van der Waals surface area contributed by atoms with E-state index in [1.165, 1.54) is 50.1 Å². The Morgan fingerprint density at radius 3 is 0.865 bits per heavy atom. The number of aromatic nitrogens is 9. The van der Waals surface area contributed by atoms with E-state index in [-0.39, 0.29) is 210 Å². The molecule has 42 heteroatoms. The number of benzene rings is 3. The Morgan fingerprint density at radius 2 is 0.624 bits per heavy atom. The number of nitrogens with zero attached hydrogens (tertiary/aromatic N) is 18. The highest BCUT2D eigenvalue weighted by atomic mass is 35.5. The largest absolute Gasteiger partial charge is 0.506 e. The van der Waals surface area contributed by atoms with Gasteiger partial charge in [-0.2, -0.15) is 15.8 Å². The second-order valence-corrected chi connectivity index (χ2v) is 39.4. The predicted molar refractivity (Wildman–Crippen MR) is 547 cm³/mol. The predicted octanol–water partition coefficient (Wildman–Crippen LogP) is 22.9. The summed E-state index contributed by atoms with van der Waals surface area (Å²) < 4.78 is 63.6. The highest BCUT2D eigenvalue weighted by Gasteiger charge is 2.42. The van der Waals surface area contributed by atoms with Crippen molar-refractivity contribution in [2.45, 2.75) is 158 Å². The summed E-state index contributed by atoms with van der Waals surface area (Å²) >= 11 is 69.7. The summed E-state index contributed by atoms with van der Waals surface area (Å²) in [6.07, 6.45) is 8.59. The number of piperazine rings is 3. The average Bonchev–Trinajstić information content (AvgIpc) is 0.725. The average molecular weight is 2140 g/mol. The molecule has 6 atom stereocenters. The number of fused-ring (bicyclic) bond motifs is 3. The van der Waals surface area contributed by atoms with E-state index in [0.29, 0.717) is 61.6 Å². The molecule has 3 saturated heterocycles. The molecule has 0 aliphatic carbocycles. The minimum Gasteiger partial charge on any atom is -0.506 e. The van der Waals surface area contributed by atoms with Gasteiger partial charge in [0.05, 0.1) is 125 Å². The first-order valence-electron chi connectivity index (χ1n) is 43.7. The van der Waals surface area contributed by atoms with E-state index in [2.05, 4.69) is 57.9 Å². The summed E-state index contributed by atoms with van der Waals surface area (Å²) in [6, 6.07) is 13.9. The van der Waals surface area contributed by atoms with Crippen LogP contribution >= 0.6 is 128 Å². The number of rotatable bonds is 15. The second-order valence-electron chi connectivity index (χ2n) is 35.1. The Balaban J connectivity index is 0.000000178. The van der Waals surface area contributed by atoms with Gasteiger partial charge < -0.3 is 44.7 Å². The molecule has 0 saturated carbocycles. The molecule has 15 rings (SSSR count). The third-order valence-corrected chi connectivity index (χ3v) is 28.7. The summed E-state index contributed by atoms with van der Waals surface area (Å²) in [5, 5.41) is 59.3. The van der Waals surface area contributed by atoms with Gasteiger partial charge in [-0.1, -0.05) is 189 Å². The molecule has 3 amide bonds. The molecule has 3 aliphatic heterocycles. The molecule has 12 aromatic rings. The number of phenolic OH excluding ortho intramolecular Hbond substituents is 3. The molecule has 9 aromatic heterocycles. The van der Waals surface area contributed by atoms with Crippen LogP contribution in [0.15, 0.2) is 107 Å². The van der Waals surface area contributed by atoms with Gasteiger partial charge in [-0.15, -0.1) is 0 Å². The number of halogens is 15. The van der Waals surface area contributed by atoms with Crippen molar-refractivity contribution in [1.29, 1.82) is 15.8 Å². The van der Waals surface area contributed by atoms with E-state index in [0.717, 1.165) is 0 Å². The first-order valence-corrected chi connectivity index (χ1v) is 47.8. The number of aryl methyl sites for hydroxylation is 3. The van der Waals surface area contributed by atoms with Gasteiger partial charge in [0.15, 0.2) is 29.0 Å². The molecule has 3 fully saturated rings. The number of aromatic hydroxyl groups is 3. The van der Waals surface area contributed by atoms with E-state index in [1.807, 2.05) is 97.8 Å². The molecule has 12 heterocycles. The number of anilines is 3. The molecule has 0 unspecified atom stereocenters. The number of amides is 3. The molecular weight excluding hydrogens is 2050 g/mol. The summed E-state index contributed by atoms with van der Waals surface area (Å²) in [6.45, 7) is 40.3. The van der Waals surface area contributed by atoms with Crippen molar-refractivity contribution >= 4 is 195 Å². The first-order chi connectivity index (χ1) is 66.5. The highest BCUT2D eigenvalue weighted by Crippen LogP contribution is 2.53. The molecule has 141 heavy (non-hydrogen) atoms. The Labute approximate surface area is 861 Å². The lowest BCUT2D eigenvalue weighted by Crippen LogP contribution is -2.58. The molecular formula is C99H87Cl11F4N18O9. The first kappa shape index (κ1) is 106. The number of carbonyl (C=O) groups is 3. The fourth-order valence-electron chi connectivity index (χ4n) is 18.7. The van der Waals surface area contributed by atoms with Crippen LogP contribution in [0.4, 0.5) is 34.6 Å². The Hall–Kier alpha value is -12.0. The van der Waals surface area contributed by atoms with Crippen LogP contribution in [0.5, 0.6) is 17.2 Å². The molecule has 0 spiro atoms. The number of hydrogen-bond donors (Lipinski definition) is 3. The fourth-order valence-corrected chi connectivity index (χ4v) is 21.3. The second kappa shape index (κ2) is 41.9. The van der Waals surface area contributed by atoms with E-state index in [9.17, 15) is 73.0 Å².